The van der Waals surface area contributed by atoms with Gasteiger partial charge in [0.1, 0.15) is 6.04 Å². The number of aliphatic carboxylic acids is 1. The summed E-state index contributed by atoms with van der Waals surface area (Å²) in [5.74, 6) is -1.03. The third-order valence-electron chi connectivity index (χ3n) is 3.65. The summed E-state index contributed by atoms with van der Waals surface area (Å²) >= 11 is 0. The van der Waals surface area contributed by atoms with Gasteiger partial charge >= 0.3 is 12.1 Å². The summed E-state index contributed by atoms with van der Waals surface area (Å²) in [5, 5.41) is 9.19. The molecule has 2 unspecified atom stereocenters. The molecule has 1 aromatic rings. The average molecular weight is 303 g/mol. The number of benzene rings is 1. The van der Waals surface area contributed by atoms with Crippen LogP contribution in [0.3, 0.4) is 0 Å². The third kappa shape index (κ3) is 3.54. The summed E-state index contributed by atoms with van der Waals surface area (Å²) in [7, 11) is 0. The molecule has 4 nitrogen and oxygen atoms in total. The van der Waals surface area contributed by atoms with E-state index in [1.807, 2.05) is 0 Å². The van der Waals surface area contributed by atoms with Gasteiger partial charge in [-0.3, -0.25) is 9.69 Å². The Balaban J connectivity index is 2.26. The van der Waals surface area contributed by atoms with Crippen molar-refractivity contribution in [2.45, 2.75) is 25.2 Å². The first-order valence-corrected chi connectivity index (χ1v) is 6.54. The minimum absolute atomic E-state index is 0.0403. The van der Waals surface area contributed by atoms with E-state index in [9.17, 15) is 23.1 Å². The maximum atomic E-state index is 12.8. The van der Waals surface area contributed by atoms with Crippen molar-refractivity contribution in [2.24, 2.45) is 0 Å². The van der Waals surface area contributed by atoms with Crippen molar-refractivity contribution in [1.82, 2.24) is 4.90 Å². The predicted octanol–water partition coefficient (Wildman–Crippen LogP) is 2.55. The van der Waals surface area contributed by atoms with Crippen LogP contribution in [0, 0.1) is 0 Å². The normalized spacial score (nSPS) is 22.0. The summed E-state index contributed by atoms with van der Waals surface area (Å²) in [5.41, 5.74) is -0.287. The SMILES string of the molecule is CC(c1cccc(C(F)(F)F)c1)N1CCOCC1C(=O)O. The zero-order valence-corrected chi connectivity index (χ0v) is 11.4. The highest BCUT2D eigenvalue weighted by atomic mass is 19.4. The van der Waals surface area contributed by atoms with Gasteiger partial charge in [0.05, 0.1) is 18.8 Å². The second-order valence-electron chi connectivity index (χ2n) is 4.97. The number of ether oxygens (including phenoxy) is 1. The van der Waals surface area contributed by atoms with Crippen molar-refractivity contribution in [2.75, 3.05) is 19.8 Å². The number of rotatable bonds is 3. The standard InChI is InChI=1S/C14H16F3NO3/c1-9(18-5-6-21-8-12(18)13(19)20)10-3-2-4-11(7-10)14(15,16)17/h2-4,7,9,12H,5-6,8H2,1H3,(H,19,20). The topological polar surface area (TPSA) is 49.8 Å². The van der Waals surface area contributed by atoms with Gasteiger partial charge in [-0.15, -0.1) is 0 Å². The molecule has 1 saturated heterocycles. The second-order valence-corrected chi connectivity index (χ2v) is 4.97. The van der Waals surface area contributed by atoms with Gasteiger partial charge in [0.2, 0.25) is 0 Å². The summed E-state index contributed by atoms with van der Waals surface area (Å²) in [6.07, 6.45) is -4.41. The summed E-state index contributed by atoms with van der Waals surface area (Å²) < 4.78 is 43.4. The van der Waals surface area contributed by atoms with Crippen LogP contribution in [0.15, 0.2) is 24.3 Å². The molecule has 1 aliphatic rings. The molecule has 0 radical (unpaired) electrons. The largest absolute Gasteiger partial charge is 0.480 e. The van der Waals surface area contributed by atoms with Crippen LogP contribution in [0.4, 0.5) is 13.2 Å². The number of nitrogens with zero attached hydrogens (tertiary/aromatic N) is 1. The van der Waals surface area contributed by atoms with E-state index < -0.39 is 29.8 Å². The number of carbonyl (C=O) groups is 1. The fourth-order valence-electron chi connectivity index (χ4n) is 2.46. The number of hydrogen-bond acceptors (Lipinski definition) is 3. The van der Waals surface area contributed by atoms with E-state index in [4.69, 9.17) is 4.74 Å². The van der Waals surface area contributed by atoms with Gasteiger partial charge in [-0.25, -0.2) is 0 Å². The van der Waals surface area contributed by atoms with E-state index in [0.29, 0.717) is 18.7 Å². The number of carboxylic acid groups (broad SMARTS) is 1. The predicted molar refractivity (Wildman–Crippen MR) is 68.8 cm³/mol. The van der Waals surface area contributed by atoms with Crippen LogP contribution in [0.25, 0.3) is 0 Å². The fourth-order valence-corrected chi connectivity index (χ4v) is 2.46. The Labute approximate surface area is 120 Å². The first-order chi connectivity index (χ1) is 9.80. The maximum absolute atomic E-state index is 12.8. The van der Waals surface area contributed by atoms with Gasteiger partial charge in [-0.2, -0.15) is 13.2 Å². The summed E-state index contributed by atoms with van der Waals surface area (Å²) in [6.45, 7) is 2.48. The molecule has 2 rings (SSSR count). The van der Waals surface area contributed by atoms with Gasteiger partial charge in [0.25, 0.3) is 0 Å². The van der Waals surface area contributed by atoms with Crippen LogP contribution < -0.4 is 0 Å². The molecule has 0 bridgehead atoms. The minimum Gasteiger partial charge on any atom is -0.480 e. The van der Waals surface area contributed by atoms with Crippen LogP contribution in [-0.4, -0.2) is 41.8 Å². The molecule has 116 valence electrons. The highest BCUT2D eigenvalue weighted by Crippen LogP contribution is 2.32. The van der Waals surface area contributed by atoms with Crippen LogP contribution >= 0.6 is 0 Å². The van der Waals surface area contributed by atoms with Crippen molar-refractivity contribution in [3.63, 3.8) is 0 Å². The molecule has 21 heavy (non-hydrogen) atoms. The van der Waals surface area contributed by atoms with Crippen molar-refractivity contribution in [1.29, 1.82) is 0 Å². The van der Waals surface area contributed by atoms with E-state index >= 15 is 0 Å². The van der Waals surface area contributed by atoms with Crippen LogP contribution in [0.5, 0.6) is 0 Å². The smallest absolute Gasteiger partial charge is 0.416 e. The molecule has 0 saturated carbocycles. The lowest BCUT2D eigenvalue weighted by atomic mass is 10.0. The third-order valence-corrected chi connectivity index (χ3v) is 3.65. The number of morpholine rings is 1. The first-order valence-electron chi connectivity index (χ1n) is 6.54. The quantitative estimate of drug-likeness (QED) is 0.932. The average Bonchev–Trinajstić information content (AvgIpc) is 2.45. The molecule has 0 aliphatic carbocycles. The monoisotopic (exact) mass is 303 g/mol. The molecular formula is C14H16F3NO3. The molecule has 2 atom stereocenters. The van der Waals surface area contributed by atoms with Crippen molar-refractivity contribution in [3.8, 4) is 0 Å². The van der Waals surface area contributed by atoms with E-state index in [0.717, 1.165) is 12.1 Å². The van der Waals surface area contributed by atoms with Crippen LogP contribution in [0.1, 0.15) is 24.1 Å². The second kappa shape index (κ2) is 6.03. The molecular weight excluding hydrogens is 287 g/mol. The summed E-state index contributed by atoms with van der Waals surface area (Å²) in [4.78, 5) is 12.9. The molecule has 1 heterocycles. The van der Waals surface area contributed by atoms with Crippen LogP contribution in [0.2, 0.25) is 0 Å². The van der Waals surface area contributed by atoms with Gasteiger partial charge in [0, 0.05) is 12.6 Å². The van der Waals surface area contributed by atoms with Crippen LogP contribution in [-0.2, 0) is 15.7 Å². The van der Waals surface area contributed by atoms with Gasteiger partial charge in [-0.05, 0) is 24.6 Å². The lowest BCUT2D eigenvalue weighted by molar-refractivity contribution is -0.151. The molecule has 1 N–H and O–H groups in total. The zero-order chi connectivity index (χ0) is 15.6. The molecule has 1 aliphatic heterocycles. The molecule has 1 fully saturated rings. The Morgan fingerprint density at radius 2 is 2.19 bits per heavy atom. The van der Waals surface area contributed by atoms with E-state index in [-0.39, 0.29) is 6.61 Å². The molecule has 0 aromatic heterocycles. The Bertz CT molecular complexity index is 518. The highest BCUT2D eigenvalue weighted by Gasteiger charge is 2.35. The lowest BCUT2D eigenvalue weighted by Crippen LogP contribution is -2.50. The number of hydrogen-bond donors (Lipinski definition) is 1. The number of halogens is 3. The summed E-state index contributed by atoms with van der Waals surface area (Å²) in [6, 6.07) is 3.71. The lowest BCUT2D eigenvalue weighted by Gasteiger charge is -2.37. The van der Waals surface area contributed by atoms with E-state index in [2.05, 4.69) is 0 Å². The minimum atomic E-state index is -4.41. The van der Waals surface area contributed by atoms with E-state index in [1.165, 1.54) is 6.07 Å². The number of alkyl halides is 3. The van der Waals surface area contributed by atoms with Gasteiger partial charge < -0.3 is 9.84 Å². The van der Waals surface area contributed by atoms with E-state index in [1.54, 1.807) is 17.9 Å². The zero-order valence-electron chi connectivity index (χ0n) is 11.4. The van der Waals surface area contributed by atoms with Crippen molar-refractivity contribution in [3.05, 3.63) is 35.4 Å². The van der Waals surface area contributed by atoms with Gasteiger partial charge in [-0.1, -0.05) is 12.1 Å². The number of carboxylic acids is 1. The molecule has 0 spiro atoms. The Morgan fingerprint density at radius 3 is 2.81 bits per heavy atom. The Morgan fingerprint density at radius 1 is 1.48 bits per heavy atom. The van der Waals surface area contributed by atoms with Gasteiger partial charge in [0.15, 0.2) is 0 Å². The first kappa shape index (κ1) is 15.8. The Kier molecular flexibility index (Phi) is 4.53. The Hall–Kier alpha value is -1.60. The molecule has 1 aromatic carbocycles. The van der Waals surface area contributed by atoms with Crippen molar-refractivity contribution >= 4 is 5.97 Å². The highest BCUT2D eigenvalue weighted by molar-refractivity contribution is 5.73. The maximum Gasteiger partial charge on any atom is 0.416 e. The molecule has 0 amide bonds. The van der Waals surface area contributed by atoms with Crippen molar-refractivity contribution < 1.29 is 27.8 Å². The molecule has 7 heteroatoms. The fraction of sp³-hybridized carbons (Fsp3) is 0.500.